The molecule has 0 amide bonds. The van der Waals surface area contributed by atoms with Crippen LogP contribution in [-0.2, 0) is 6.54 Å². The second-order valence-electron chi connectivity index (χ2n) is 5.60. The molecule has 0 spiro atoms. The van der Waals surface area contributed by atoms with E-state index in [1.807, 2.05) is 18.4 Å². The van der Waals surface area contributed by atoms with E-state index in [-0.39, 0.29) is 0 Å². The normalized spacial score (nSPS) is 20.2. The van der Waals surface area contributed by atoms with Gasteiger partial charge in [0.05, 0.1) is 6.26 Å². The van der Waals surface area contributed by atoms with Gasteiger partial charge >= 0.3 is 0 Å². The second kappa shape index (κ2) is 5.76. The summed E-state index contributed by atoms with van der Waals surface area (Å²) in [7, 11) is 2.19. The molecule has 0 radical (unpaired) electrons. The average Bonchev–Trinajstić information content (AvgIpc) is 2.83. The molecule has 1 N–H and O–H groups in total. The highest BCUT2D eigenvalue weighted by atomic mass is 16.3. The third-order valence-electron chi connectivity index (χ3n) is 3.95. The Hall–Kier alpha value is -1.32. The van der Waals surface area contributed by atoms with Crippen LogP contribution in [-0.4, -0.2) is 31.1 Å². The van der Waals surface area contributed by atoms with Crippen molar-refractivity contribution in [3.8, 4) is 0 Å². The molecule has 19 heavy (non-hydrogen) atoms. The minimum absolute atomic E-state index is 0.650. The Labute approximate surface area is 114 Å². The Morgan fingerprint density at radius 2 is 2.21 bits per heavy atom. The molecular formula is C16H22N2O. The first-order valence-electron chi connectivity index (χ1n) is 7.20. The van der Waals surface area contributed by atoms with Gasteiger partial charge in [0, 0.05) is 30.1 Å². The van der Waals surface area contributed by atoms with Gasteiger partial charge in [-0.2, -0.15) is 0 Å². The molecule has 3 heteroatoms. The topological polar surface area (TPSA) is 28.4 Å². The van der Waals surface area contributed by atoms with Crippen molar-refractivity contribution in [2.45, 2.75) is 31.8 Å². The molecule has 1 aromatic carbocycles. The van der Waals surface area contributed by atoms with Gasteiger partial charge in [0.1, 0.15) is 5.58 Å². The van der Waals surface area contributed by atoms with Crippen LogP contribution in [0.5, 0.6) is 0 Å². The van der Waals surface area contributed by atoms with Gasteiger partial charge in [0.25, 0.3) is 0 Å². The van der Waals surface area contributed by atoms with Gasteiger partial charge in [0.2, 0.25) is 0 Å². The SMILES string of the molecule is CN(Cc1coc2ccccc12)CC1CCCCN1. The first kappa shape index (κ1) is 12.7. The highest BCUT2D eigenvalue weighted by Gasteiger charge is 2.15. The van der Waals surface area contributed by atoms with Crippen LogP contribution >= 0.6 is 0 Å². The molecule has 1 aromatic heterocycles. The summed E-state index contributed by atoms with van der Waals surface area (Å²) in [4.78, 5) is 2.39. The van der Waals surface area contributed by atoms with E-state index in [9.17, 15) is 0 Å². The van der Waals surface area contributed by atoms with Crippen LogP contribution in [0.15, 0.2) is 34.9 Å². The highest BCUT2D eigenvalue weighted by molar-refractivity contribution is 5.80. The fourth-order valence-corrected chi connectivity index (χ4v) is 2.97. The lowest BCUT2D eigenvalue weighted by Crippen LogP contribution is -2.42. The van der Waals surface area contributed by atoms with Crippen molar-refractivity contribution in [3.05, 3.63) is 36.1 Å². The van der Waals surface area contributed by atoms with E-state index in [4.69, 9.17) is 4.42 Å². The van der Waals surface area contributed by atoms with Crippen LogP contribution in [0.1, 0.15) is 24.8 Å². The lowest BCUT2D eigenvalue weighted by molar-refractivity contribution is 0.256. The maximum atomic E-state index is 5.60. The summed E-state index contributed by atoms with van der Waals surface area (Å²) in [6.45, 7) is 3.24. The van der Waals surface area contributed by atoms with Gasteiger partial charge in [-0.05, 0) is 32.5 Å². The molecule has 2 heterocycles. The van der Waals surface area contributed by atoms with Gasteiger partial charge < -0.3 is 14.6 Å². The van der Waals surface area contributed by atoms with E-state index in [1.165, 1.54) is 36.8 Å². The minimum Gasteiger partial charge on any atom is -0.464 e. The van der Waals surface area contributed by atoms with Gasteiger partial charge in [0.15, 0.2) is 0 Å². The predicted octanol–water partition coefficient (Wildman–Crippen LogP) is 3.01. The number of hydrogen-bond acceptors (Lipinski definition) is 3. The predicted molar refractivity (Wildman–Crippen MR) is 78.2 cm³/mol. The molecule has 0 aliphatic carbocycles. The fraction of sp³-hybridized carbons (Fsp3) is 0.500. The number of benzene rings is 1. The molecule has 0 bridgehead atoms. The first-order chi connectivity index (χ1) is 9.33. The number of furan rings is 1. The van der Waals surface area contributed by atoms with Crippen molar-refractivity contribution < 1.29 is 4.42 Å². The molecule has 3 nitrogen and oxygen atoms in total. The van der Waals surface area contributed by atoms with E-state index in [1.54, 1.807) is 0 Å². The van der Waals surface area contributed by atoms with Crippen molar-refractivity contribution in [3.63, 3.8) is 0 Å². The Bertz CT molecular complexity index is 528. The molecule has 3 rings (SSSR count). The maximum absolute atomic E-state index is 5.60. The zero-order valence-electron chi connectivity index (χ0n) is 11.6. The number of likely N-dealkylation sites (N-methyl/N-ethyl adjacent to an activating group) is 1. The third kappa shape index (κ3) is 2.99. The lowest BCUT2D eigenvalue weighted by Gasteiger charge is -2.28. The van der Waals surface area contributed by atoms with Gasteiger partial charge in [-0.1, -0.05) is 24.6 Å². The summed E-state index contributed by atoms with van der Waals surface area (Å²) in [5, 5.41) is 4.84. The Kier molecular flexibility index (Phi) is 3.85. The molecule has 102 valence electrons. The summed E-state index contributed by atoms with van der Waals surface area (Å²) in [5.74, 6) is 0. The van der Waals surface area contributed by atoms with E-state index < -0.39 is 0 Å². The number of piperidine rings is 1. The van der Waals surface area contributed by atoms with Crippen molar-refractivity contribution in [1.82, 2.24) is 10.2 Å². The molecule has 1 unspecified atom stereocenters. The Morgan fingerprint density at radius 1 is 1.32 bits per heavy atom. The first-order valence-corrected chi connectivity index (χ1v) is 7.20. The van der Waals surface area contributed by atoms with Crippen molar-refractivity contribution in [1.29, 1.82) is 0 Å². The average molecular weight is 258 g/mol. The number of nitrogens with one attached hydrogen (secondary N) is 1. The molecule has 0 saturated carbocycles. The van der Waals surface area contributed by atoms with Crippen LogP contribution in [0, 0.1) is 0 Å². The molecule has 1 aliphatic heterocycles. The van der Waals surface area contributed by atoms with E-state index in [0.29, 0.717) is 6.04 Å². The third-order valence-corrected chi connectivity index (χ3v) is 3.95. The van der Waals surface area contributed by atoms with Crippen LogP contribution in [0.4, 0.5) is 0 Å². The van der Waals surface area contributed by atoms with Gasteiger partial charge in [-0.3, -0.25) is 0 Å². The molecule has 2 aromatic rings. The molecule has 1 atom stereocenters. The maximum Gasteiger partial charge on any atom is 0.134 e. The number of rotatable bonds is 4. The fourth-order valence-electron chi connectivity index (χ4n) is 2.97. The van der Waals surface area contributed by atoms with E-state index in [0.717, 1.165) is 18.7 Å². The number of hydrogen-bond donors (Lipinski definition) is 1. The van der Waals surface area contributed by atoms with E-state index in [2.05, 4.69) is 29.4 Å². The quantitative estimate of drug-likeness (QED) is 0.914. The Balaban J connectivity index is 1.63. The number of fused-ring (bicyclic) bond motifs is 1. The lowest BCUT2D eigenvalue weighted by atomic mass is 10.0. The van der Waals surface area contributed by atoms with E-state index >= 15 is 0 Å². The summed E-state index contributed by atoms with van der Waals surface area (Å²) in [6.07, 6.45) is 5.89. The zero-order chi connectivity index (χ0) is 13.1. The largest absolute Gasteiger partial charge is 0.464 e. The van der Waals surface area contributed by atoms with Crippen molar-refractivity contribution in [2.75, 3.05) is 20.1 Å². The molecular weight excluding hydrogens is 236 g/mol. The summed E-state index contributed by atoms with van der Waals surface area (Å²) in [6, 6.07) is 8.91. The summed E-state index contributed by atoms with van der Waals surface area (Å²) < 4.78 is 5.60. The number of nitrogens with zero attached hydrogens (tertiary/aromatic N) is 1. The number of para-hydroxylation sites is 1. The summed E-state index contributed by atoms with van der Waals surface area (Å²) >= 11 is 0. The van der Waals surface area contributed by atoms with Crippen LogP contribution in [0.25, 0.3) is 11.0 Å². The monoisotopic (exact) mass is 258 g/mol. The van der Waals surface area contributed by atoms with Crippen LogP contribution in [0.2, 0.25) is 0 Å². The smallest absolute Gasteiger partial charge is 0.134 e. The minimum atomic E-state index is 0.650. The van der Waals surface area contributed by atoms with Crippen molar-refractivity contribution in [2.24, 2.45) is 0 Å². The van der Waals surface area contributed by atoms with Crippen LogP contribution in [0.3, 0.4) is 0 Å². The van der Waals surface area contributed by atoms with Crippen LogP contribution < -0.4 is 5.32 Å². The standard InChI is InChI=1S/C16H22N2O/c1-18(11-14-6-4-5-9-17-14)10-13-12-19-16-8-3-2-7-15(13)16/h2-3,7-8,12,14,17H,4-6,9-11H2,1H3. The van der Waals surface area contributed by atoms with Crippen molar-refractivity contribution >= 4 is 11.0 Å². The van der Waals surface area contributed by atoms with Gasteiger partial charge in [-0.15, -0.1) is 0 Å². The Morgan fingerprint density at radius 3 is 3.05 bits per heavy atom. The molecule has 1 fully saturated rings. The molecule has 1 saturated heterocycles. The highest BCUT2D eigenvalue weighted by Crippen LogP contribution is 2.22. The second-order valence-corrected chi connectivity index (χ2v) is 5.60. The molecule has 1 aliphatic rings. The zero-order valence-corrected chi connectivity index (χ0v) is 11.6. The summed E-state index contributed by atoms with van der Waals surface area (Å²) in [5.41, 5.74) is 2.27. The van der Waals surface area contributed by atoms with Gasteiger partial charge in [-0.25, -0.2) is 0 Å².